The molecule has 1 aliphatic rings. The monoisotopic (exact) mass is 148 g/mol. The van der Waals surface area contributed by atoms with Crippen LogP contribution in [0.25, 0.3) is 0 Å². The molecule has 0 amide bonds. The standard InChI is InChI=1S/C9H12N2/c1-7-5-8-3-4-11(2)9(8)6-10-7/h5-6H,3-4H2,1-2H3. The van der Waals surface area contributed by atoms with Gasteiger partial charge in [-0.2, -0.15) is 0 Å². The Hall–Kier alpha value is -1.05. The molecular formula is C9H12N2. The minimum absolute atomic E-state index is 1.12. The Kier molecular flexibility index (Phi) is 1.34. The summed E-state index contributed by atoms with van der Waals surface area (Å²) < 4.78 is 0. The van der Waals surface area contributed by atoms with Gasteiger partial charge in [0.1, 0.15) is 0 Å². The third kappa shape index (κ3) is 0.985. The second-order valence-electron chi connectivity index (χ2n) is 3.13. The number of aryl methyl sites for hydroxylation is 1. The molecule has 1 aromatic heterocycles. The molecule has 0 bridgehead atoms. The van der Waals surface area contributed by atoms with Crippen molar-refractivity contribution in [1.29, 1.82) is 0 Å². The number of fused-ring (bicyclic) bond motifs is 1. The van der Waals surface area contributed by atoms with Gasteiger partial charge >= 0.3 is 0 Å². The quantitative estimate of drug-likeness (QED) is 0.552. The summed E-state index contributed by atoms with van der Waals surface area (Å²) in [6, 6.07) is 2.18. The van der Waals surface area contributed by atoms with Crippen molar-refractivity contribution < 1.29 is 0 Å². The molecule has 58 valence electrons. The molecule has 2 nitrogen and oxygen atoms in total. The van der Waals surface area contributed by atoms with Gasteiger partial charge in [-0.3, -0.25) is 4.98 Å². The summed E-state index contributed by atoms with van der Waals surface area (Å²) >= 11 is 0. The van der Waals surface area contributed by atoms with Crippen molar-refractivity contribution >= 4 is 5.69 Å². The van der Waals surface area contributed by atoms with Gasteiger partial charge in [-0.25, -0.2) is 0 Å². The van der Waals surface area contributed by atoms with E-state index < -0.39 is 0 Å². The molecule has 2 heterocycles. The van der Waals surface area contributed by atoms with Crippen LogP contribution in [0.1, 0.15) is 11.3 Å². The average molecular weight is 148 g/mol. The number of likely N-dealkylation sites (N-methyl/N-ethyl adjacent to an activating group) is 1. The predicted octanol–water partition coefficient (Wildman–Crippen LogP) is 1.38. The van der Waals surface area contributed by atoms with E-state index in [9.17, 15) is 0 Å². The van der Waals surface area contributed by atoms with Gasteiger partial charge < -0.3 is 4.90 Å². The maximum Gasteiger partial charge on any atom is 0.0583 e. The Balaban J connectivity index is 2.50. The van der Waals surface area contributed by atoms with Crippen molar-refractivity contribution in [2.75, 3.05) is 18.5 Å². The first-order valence-electron chi connectivity index (χ1n) is 3.94. The lowest BCUT2D eigenvalue weighted by molar-refractivity contribution is 0.955. The highest BCUT2D eigenvalue weighted by Gasteiger charge is 2.14. The van der Waals surface area contributed by atoms with Gasteiger partial charge in [0.05, 0.1) is 11.9 Å². The van der Waals surface area contributed by atoms with Crippen molar-refractivity contribution in [3.63, 3.8) is 0 Å². The first-order chi connectivity index (χ1) is 5.27. The topological polar surface area (TPSA) is 16.1 Å². The lowest BCUT2D eigenvalue weighted by atomic mass is 10.2. The minimum Gasteiger partial charge on any atom is -0.373 e. The summed E-state index contributed by atoms with van der Waals surface area (Å²) in [6.07, 6.45) is 3.15. The van der Waals surface area contributed by atoms with Crippen molar-refractivity contribution in [2.45, 2.75) is 13.3 Å². The van der Waals surface area contributed by atoms with E-state index in [2.05, 4.69) is 23.0 Å². The third-order valence-corrected chi connectivity index (χ3v) is 2.23. The van der Waals surface area contributed by atoms with E-state index >= 15 is 0 Å². The zero-order valence-corrected chi connectivity index (χ0v) is 6.96. The van der Waals surface area contributed by atoms with Crippen LogP contribution >= 0.6 is 0 Å². The molecular weight excluding hydrogens is 136 g/mol. The lowest BCUT2D eigenvalue weighted by Gasteiger charge is -2.10. The smallest absolute Gasteiger partial charge is 0.0583 e. The van der Waals surface area contributed by atoms with Crippen LogP contribution in [-0.4, -0.2) is 18.6 Å². The molecule has 0 atom stereocenters. The third-order valence-electron chi connectivity index (χ3n) is 2.23. The molecule has 0 N–H and O–H groups in total. The van der Waals surface area contributed by atoms with Gasteiger partial charge in [-0.1, -0.05) is 0 Å². The van der Waals surface area contributed by atoms with E-state index in [0.29, 0.717) is 0 Å². The van der Waals surface area contributed by atoms with E-state index in [1.165, 1.54) is 17.7 Å². The predicted molar refractivity (Wildman–Crippen MR) is 45.9 cm³/mol. The van der Waals surface area contributed by atoms with E-state index in [4.69, 9.17) is 0 Å². The summed E-state index contributed by atoms with van der Waals surface area (Å²) in [4.78, 5) is 6.51. The van der Waals surface area contributed by atoms with Crippen LogP contribution in [0.4, 0.5) is 5.69 Å². The molecule has 0 unspecified atom stereocenters. The molecule has 1 aromatic rings. The summed E-state index contributed by atoms with van der Waals surface area (Å²) in [5.41, 5.74) is 3.87. The largest absolute Gasteiger partial charge is 0.373 e. The van der Waals surface area contributed by atoms with E-state index in [0.717, 1.165) is 12.2 Å². The zero-order chi connectivity index (χ0) is 7.84. The molecule has 0 saturated heterocycles. The van der Waals surface area contributed by atoms with Crippen LogP contribution in [-0.2, 0) is 6.42 Å². The highest BCUT2D eigenvalue weighted by atomic mass is 15.1. The minimum atomic E-state index is 1.12. The molecule has 0 saturated carbocycles. The maximum atomic E-state index is 4.26. The van der Waals surface area contributed by atoms with Gasteiger partial charge in [-0.05, 0) is 25.0 Å². The highest BCUT2D eigenvalue weighted by molar-refractivity contribution is 5.56. The van der Waals surface area contributed by atoms with Crippen LogP contribution in [0.15, 0.2) is 12.3 Å². The summed E-state index contributed by atoms with van der Waals surface area (Å²) in [5.74, 6) is 0. The fraction of sp³-hybridized carbons (Fsp3) is 0.444. The Morgan fingerprint density at radius 3 is 3.18 bits per heavy atom. The summed E-state index contributed by atoms with van der Waals surface area (Å²) in [7, 11) is 2.11. The van der Waals surface area contributed by atoms with Gasteiger partial charge in [0.25, 0.3) is 0 Å². The van der Waals surface area contributed by atoms with E-state index in [-0.39, 0.29) is 0 Å². The maximum absolute atomic E-state index is 4.26. The number of hydrogen-bond donors (Lipinski definition) is 0. The molecule has 0 radical (unpaired) electrons. The Morgan fingerprint density at radius 1 is 1.55 bits per heavy atom. The highest BCUT2D eigenvalue weighted by Crippen LogP contribution is 2.25. The SMILES string of the molecule is Cc1cc2c(cn1)N(C)CC2. The number of hydrogen-bond acceptors (Lipinski definition) is 2. The van der Waals surface area contributed by atoms with Crippen molar-refractivity contribution in [1.82, 2.24) is 4.98 Å². The summed E-state index contributed by atoms with van der Waals surface area (Å²) in [5, 5.41) is 0. The first-order valence-corrected chi connectivity index (χ1v) is 3.94. The molecule has 1 aliphatic heterocycles. The molecule has 0 spiro atoms. The van der Waals surface area contributed by atoms with Crippen LogP contribution in [0.2, 0.25) is 0 Å². The molecule has 11 heavy (non-hydrogen) atoms. The molecule has 0 aliphatic carbocycles. The van der Waals surface area contributed by atoms with Crippen molar-refractivity contribution in [3.8, 4) is 0 Å². The number of anilines is 1. The number of rotatable bonds is 0. The molecule has 2 heteroatoms. The van der Waals surface area contributed by atoms with E-state index in [1.807, 2.05) is 13.1 Å². The number of nitrogens with zero attached hydrogens (tertiary/aromatic N) is 2. The van der Waals surface area contributed by atoms with Crippen LogP contribution in [0, 0.1) is 6.92 Å². The number of pyridine rings is 1. The van der Waals surface area contributed by atoms with Crippen LogP contribution in [0.3, 0.4) is 0 Å². The first kappa shape index (κ1) is 6.65. The Labute approximate surface area is 66.9 Å². The zero-order valence-electron chi connectivity index (χ0n) is 6.96. The Bertz CT molecular complexity index is 281. The second-order valence-corrected chi connectivity index (χ2v) is 3.13. The van der Waals surface area contributed by atoms with Crippen LogP contribution in [0.5, 0.6) is 0 Å². The fourth-order valence-electron chi connectivity index (χ4n) is 1.56. The molecule has 0 fully saturated rings. The van der Waals surface area contributed by atoms with Crippen LogP contribution < -0.4 is 4.90 Å². The van der Waals surface area contributed by atoms with Crippen molar-refractivity contribution in [3.05, 3.63) is 23.5 Å². The van der Waals surface area contributed by atoms with Gasteiger partial charge in [0, 0.05) is 19.3 Å². The normalized spacial score (nSPS) is 15.3. The summed E-state index contributed by atoms with van der Waals surface area (Å²) in [6.45, 7) is 3.18. The van der Waals surface area contributed by atoms with Gasteiger partial charge in [0.2, 0.25) is 0 Å². The average Bonchev–Trinajstić information content (AvgIpc) is 2.32. The Morgan fingerprint density at radius 2 is 2.36 bits per heavy atom. The second kappa shape index (κ2) is 2.22. The fourth-order valence-corrected chi connectivity index (χ4v) is 1.56. The van der Waals surface area contributed by atoms with E-state index in [1.54, 1.807) is 0 Å². The number of aromatic nitrogens is 1. The molecule has 2 rings (SSSR count). The van der Waals surface area contributed by atoms with Crippen molar-refractivity contribution in [2.24, 2.45) is 0 Å². The van der Waals surface area contributed by atoms with Gasteiger partial charge in [-0.15, -0.1) is 0 Å². The molecule has 0 aromatic carbocycles. The van der Waals surface area contributed by atoms with Gasteiger partial charge in [0.15, 0.2) is 0 Å². The lowest BCUT2D eigenvalue weighted by Crippen LogP contribution is -2.12.